The maximum atomic E-state index is 12.1. The molecule has 0 radical (unpaired) electrons. The topological polar surface area (TPSA) is 75.6 Å². The third-order valence-corrected chi connectivity index (χ3v) is 4.80. The first-order valence-electron chi connectivity index (χ1n) is 7.92. The van der Waals surface area contributed by atoms with Gasteiger partial charge in [-0.3, -0.25) is 4.57 Å². The Morgan fingerprint density at radius 3 is 3.00 bits per heavy atom. The maximum absolute atomic E-state index is 12.1. The number of hydrogen-bond donors (Lipinski definition) is 2. The monoisotopic (exact) mass is 339 g/mol. The molecule has 0 spiro atoms. The van der Waals surface area contributed by atoms with E-state index >= 15 is 0 Å². The second-order valence-electron chi connectivity index (χ2n) is 5.51. The van der Waals surface area contributed by atoms with Crippen LogP contribution in [0.25, 0.3) is 21.3 Å². The average molecular weight is 339 g/mol. The van der Waals surface area contributed by atoms with Crippen LogP contribution in [0.4, 0.5) is 5.82 Å². The molecule has 0 aliphatic heterocycles. The third kappa shape index (κ3) is 2.56. The molecule has 2 N–H and O–H groups in total. The number of para-hydroxylation sites is 2. The summed E-state index contributed by atoms with van der Waals surface area (Å²) in [6.07, 6.45) is 0.796. The summed E-state index contributed by atoms with van der Waals surface area (Å²) in [4.78, 5) is 25.1. The quantitative estimate of drug-likeness (QED) is 0.586. The standard InChI is InChI=1S/C17H17N5OS/c1-2-14-20-15(11-7-10-24-16(11)21-14)18-8-9-22-13-6-4-3-5-12(13)19-17(22)23/h3-7,10H,2,8-9H2,1H3,(H,19,23)(H,18,20,21). The van der Waals surface area contributed by atoms with Gasteiger partial charge in [0.2, 0.25) is 0 Å². The number of thiophene rings is 1. The number of rotatable bonds is 5. The summed E-state index contributed by atoms with van der Waals surface area (Å²) in [7, 11) is 0. The Hall–Kier alpha value is -2.67. The molecule has 0 unspecified atom stereocenters. The molecule has 3 aromatic heterocycles. The molecule has 7 heteroatoms. The molecule has 3 heterocycles. The number of nitrogens with zero attached hydrogens (tertiary/aromatic N) is 3. The summed E-state index contributed by atoms with van der Waals surface area (Å²) < 4.78 is 1.75. The Morgan fingerprint density at radius 1 is 1.25 bits per heavy atom. The van der Waals surface area contributed by atoms with Crippen LogP contribution >= 0.6 is 11.3 Å². The summed E-state index contributed by atoms with van der Waals surface area (Å²) >= 11 is 1.62. The summed E-state index contributed by atoms with van der Waals surface area (Å²) in [5.41, 5.74) is 1.69. The number of aryl methyl sites for hydroxylation is 1. The fourth-order valence-corrected chi connectivity index (χ4v) is 3.59. The zero-order valence-corrected chi connectivity index (χ0v) is 14.1. The highest BCUT2D eigenvalue weighted by Gasteiger charge is 2.09. The van der Waals surface area contributed by atoms with Gasteiger partial charge in [-0.05, 0) is 23.6 Å². The molecule has 0 aliphatic rings. The van der Waals surface area contributed by atoms with Gasteiger partial charge in [-0.1, -0.05) is 19.1 Å². The molecule has 0 saturated heterocycles. The van der Waals surface area contributed by atoms with E-state index in [9.17, 15) is 4.79 Å². The van der Waals surface area contributed by atoms with E-state index in [2.05, 4.69) is 20.3 Å². The third-order valence-electron chi connectivity index (χ3n) is 4.00. The van der Waals surface area contributed by atoms with Crippen LogP contribution in [0.1, 0.15) is 12.7 Å². The number of hydrogen-bond acceptors (Lipinski definition) is 5. The van der Waals surface area contributed by atoms with Gasteiger partial charge in [-0.2, -0.15) is 0 Å². The van der Waals surface area contributed by atoms with E-state index in [4.69, 9.17) is 0 Å². The minimum Gasteiger partial charge on any atom is -0.368 e. The molecule has 1 aromatic carbocycles. The highest BCUT2D eigenvalue weighted by atomic mass is 32.1. The largest absolute Gasteiger partial charge is 0.368 e. The van der Waals surface area contributed by atoms with E-state index in [1.807, 2.05) is 42.6 Å². The van der Waals surface area contributed by atoms with Crippen LogP contribution in [0.5, 0.6) is 0 Å². The molecule has 24 heavy (non-hydrogen) atoms. The molecule has 6 nitrogen and oxygen atoms in total. The second-order valence-corrected chi connectivity index (χ2v) is 6.40. The van der Waals surface area contributed by atoms with Crippen LogP contribution in [0.3, 0.4) is 0 Å². The molecule has 0 bridgehead atoms. The van der Waals surface area contributed by atoms with Crippen LogP contribution in [-0.4, -0.2) is 26.1 Å². The van der Waals surface area contributed by atoms with Crippen LogP contribution < -0.4 is 11.0 Å². The first kappa shape index (κ1) is 14.9. The Kier molecular flexibility index (Phi) is 3.78. The van der Waals surface area contributed by atoms with Crippen LogP contribution in [0, 0.1) is 0 Å². The first-order chi connectivity index (χ1) is 11.8. The van der Waals surface area contributed by atoms with Gasteiger partial charge in [-0.15, -0.1) is 11.3 Å². The summed E-state index contributed by atoms with van der Waals surface area (Å²) in [5, 5.41) is 6.41. The average Bonchev–Trinajstić information content (AvgIpc) is 3.19. The van der Waals surface area contributed by atoms with Crippen LogP contribution in [-0.2, 0) is 13.0 Å². The molecular weight excluding hydrogens is 322 g/mol. The van der Waals surface area contributed by atoms with Crippen molar-refractivity contribution in [3.63, 3.8) is 0 Å². The van der Waals surface area contributed by atoms with Crippen LogP contribution in [0.15, 0.2) is 40.5 Å². The van der Waals surface area contributed by atoms with E-state index in [1.165, 1.54) is 0 Å². The Balaban J connectivity index is 1.58. The Labute approximate surface area is 142 Å². The first-order valence-corrected chi connectivity index (χ1v) is 8.80. The molecule has 0 amide bonds. The van der Waals surface area contributed by atoms with Crippen molar-refractivity contribution in [2.24, 2.45) is 0 Å². The van der Waals surface area contributed by atoms with Crippen molar-refractivity contribution in [2.75, 3.05) is 11.9 Å². The van der Waals surface area contributed by atoms with Gasteiger partial charge in [0.05, 0.1) is 16.4 Å². The Morgan fingerprint density at radius 2 is 2.12 bits per heavy atom. The van der Waals surface area contributed by atoms with Crippen LogP contribution in [0.2, 0.25) is 0 Å². The predicted molar refractivity (Wildman–Crippen MR) is 97.8 cm³/mol. The van der Waals surface area contributed by atoms with Crippen molar-refractivity contribution in [1.29, 1.82) is 0 Å². The van der Waals surface area contributed by atoms with E-state index in [1.54, 1.807) is 15.9 Å². The molecule has 4 rings (SSSR count). The van der Waals surface area contributed by atoms with Gasteiger partial charge >= 0.3 is 5.69 Å². The van der Waals surface area contributed by atoms with Gasteiger partial charge in [0.15, 0.2) is 0 Å². The van der Waals surface area contributed by atoms with Gasteiger partial charge in [-0.25, -0.2) is 14.8 Å². The fraction of sp³-hybridized carbons (Fsp3) is 0.235. The zero-order chi connectivity index (χ0) is 16.5. The van der Waals surface area contributed by atoms with Gasteiger partial charge in [0, 0.05) is 19.5 Å². The smallest absolute Gasteiger partial charge is 0.326 e. The van der Waals surface area contributed by atoms with Gasteiger partial charge < -0.3 is 10.3 Å². The van der Waals surface area contributed by atoms with Gasteiger partial charge in [0.25, 0.3) is 0 Å². The van der Waals surface area contributed by atoms with Crippen molar-refractivity contribution < 1.29 is 0 Å². The molecule has 0 atom stereocenters. The highest BCUT2D eigenvalue weighted by molar-refractivity contribution is 7.16. The lowest BCUT2D eigenvalue weighted by Crippen LogP contribution is -2.21. The number of aromatic nitrogens is 4. The maximum Gasteiger partial charge on any atom is 0.326 e. The zero-order valence-electron chi connectivity index (χ0n) is 13.2. The van der Waals surface area contributed by atoms with Crippen molar-refractivity contribution >= 4 is 38.4 Å². The summed E-state index contributed by atoms with van der Waals surface area (Å²) in [5.74, 6) is 1.67. The summed E-state index contributed by atoms with van der Waals surface area (Å²) in [6.45, 7) is 3.23. The van der Waals surface area contributed by atoms with Crippen molar-refractivity contribution in [3.8, 4) is 0 Å². The lowest BCUT2D eigenvalue weighted by Gasteiger charge is -2.09. The SMILES string of the molecule is CCc1nc(NCCn2c(=O)[nH]c3ccccc32)c2ccsc2n1. The van der Waals surface area contributed by atoms with Gasteiger partial charge in [0.1, 0.15) is 16.5 Å². The normalized spacial score (nSPS) is 11.4. The number of imidazole rings is 1. The Bertz CT molecular complexity index is 1060. The molecule has 0 aliphatic carbocycles. The van der Waals surface area contributed by atoms with Crippen molar-refractivity contribution in [1.82, 2.24) is 19.5 Å². The lowest BCUT2D eigenvalue weighted by molar-refractivity contribution is 0.719. The number of benzene rings is 1. The van der Waals surface area contributed by atoms with Crippen molar-refractivity contribution in [3.05, 3.63) is 52.0 Å². The van der Waals surface area contributed by atoms with E-state index in [0.717, 1.165) is 39.3 Å². The number of aromatic amines is 1. The highest BCUT2D eigenvalue weighted by Crippen LogP contribution is 2.25. The predicted octanol–water partition coefficient (Wildman–Crippen LogP) is 3.01. The second kappa shape index (κ2) is 6.09. The number of H-pyrrole nitrogens is 1. The molecule has 4 aromatic rings. The minimum absolute atomic E-state index is 0.0874. The molecule has 0 fully saturated rings. The molecule has 0 saturated carbocycles. The summed E-state index contributed by atoms with van der Waals surface area (Å²) in [6, 6.07) is 9.74. The lowest BCUT2D eigenvalue weighted by atomic mass is 10.3. The van der Waals surface area contributed by atoms with E-state index in [0.29, 0.717) is 13.1 Å². The van der Waals surface area contributed by atoms with E-state index < -0.39 is 0 Å². The van der Waals surface area contributed by atoms with Crippen molar-refractivity contribution in [2.45, 2.75) is 19.9 Å². The fourth-order valence-electron chi connectivity index (χ4n) is 2.81. The number of fused-ring (bicyclic) bond motifs is 2. The number of nitrogens with one attached hydrogen (secondary N) is 2. The molecule has 122 valence electrons. The molecular formula is C17H17N5OS. The minimum atomic E-state index is -0.0874. The number of anilines is 1. The van der Waals surface area contributed by atoms with E-state index in [-0.39, 0.29) is 5.69 Å².